The van der Waals surface area contributed by atoms with Gasteiger partial charge in [0.05, 0.1) is 15.5 Å². The Labute approximate surface area is 120 Å². The lowest BCUT2D eigenvalue weighted by Gasteiger charge is -2.27. The average Bonchev–Trinajstić information content (AvgIpc) is 2.26. The number of hydrogen-bond donors (Lipinski definition) is 2. The Hall–Kier alpha value is -1.12. The highest BCUT2D eigenvalue weighted by Gasteiger charge is 2.22. The first-order valence-electron chi connectivity index (χ1n) is 5.89. The van der Waals surface area contributed by atoms with Gasteiger partial charge in [0.25, 0.3) is 0 Å². The zero-order valence-electron chi connectivity index (χ0n) is 12.0. The van der Waals surface area contributed by atoms with Crippen molar-refractivity contribution in [1.82, 2.24) is 0 Å². The summed E-state index contributed by atoms with van der Waals surface area (Å²) in [5.41, 5.74) is 5.44. The van der Waals surface area contributed by atoms with Crippen LogP contribution in [0.15, 0.2) is 28.0 Å². The van der Waals surface area contributed by atoms with Crippen LogP contribution in [-0.2, 0) is 19.7 Å². The van der Waals surface area contributed by atoms with E-state index in [-0.39, 0.29) is 9.79 Å². The summed E-state index contributed by atoms with van der Waals surface area (Å²) in [5.74, 6) is 0. The molecule has 20 heavy (non-hydrogen) atoms. The van der Waals surface area contributed by atoms with Crippen LogP contribution in [0.5, 0.6) is 0 Å². The van der Waals surface area contributed by atoms with Gasteiger partial charge < -0.3 is 11.1 Å². The quantitative estimate of drug-likeness (QED) is 0.825. The van der Waals surface area contributed by atoms with Crippen molar-refractivity contribution < 1.29 is 16.8 Å². The van der Waals surface area contributed by atoms with E-state index >= 15 is 0 Å². The van der Waals surface area contributed by atoms with Crippen LogP contribution < -0.4 is 11.1 Å². The molecule has 0 unspecified atom stereocenters. The van der Waals surface area contributed by atoms with Crippen molar-refractivity contribution in [3.8, 4) is 0 Å². The highest BCUT2D eigenvalue weighted by Crippen LogP contribution is 2.27. The summed E-state index contributed by atoms with van der Waals surface area (Å²) in [6.45, 7) is 3.94. The fraction of sp³-hybridized carbons (Fsp3) is 0.500. The van der Waals surface area contributed by atoms with Crippen LogP contribution in [0.4, 0.5) is 5.69 Å². The van der Waals surface area contributed by atoms with Gasteiger partial charge in [0.1, 0.15) is 0 Å². The second-order valence-corrected chi connectivity index (χ2v) is 9.42. The van der Waals surface area contributed by atoms with E-state index in [4.69, 9.17) is 5.73 Å². The lowest BCUT2D eigenvalue weighted by molar-refractivity contribution is 0.576. The molecule has 0 radical (unpaired) electrons. The molecule has 0 saturated carbocycles. The Bertz CT molecular complexity index is 707. The first-order chi connectivity index (χ1) is 8.87. The van der Waals surface area contributed by atoms with E-state index in [0.717, 1.165) is 12.5 Å². The third-order valence-electron chi connectivity index (χ3n) is 2.76. The molecule has 0 saturated heterocycles. The third kappa shape index (κ3) is 4.19. The lowest BCUT2D eigenvalue weighted by Crippen LogP contribution is -2.39. The third-order valence-corrected chi connectivity index (χ3v) is 5.01. The Morgan fingerprint density at radius 2 is 1.65 bits per heavy atom. The van der Waals surface area contributed by atoms with Gasteiger partial charge in [0.2, 0.25) is 0 Å². The maximum Gasteiger partial charge on any atom is 0.177 e. The summed E-state index contributed by atoms with van der Waals surface area (Å²) in [7, 11) is -7.03. The summed E-state index contributed by atoms with van der Waals surface area (Å²) < 4.78 is 46.7. The standard InChI is InChI=1S/C12H20N2O4S2/c1-12(2,8-13)14-10-6-5-9(19(3,15)16)7-11(10)20(4,17)18/h5-7,14H,8,13H2,1-4H3. The van der Waals surface area contributed by atoms with E-state index in [0.29, 0.717) is 12.2 Å². The molecule has 0 aliphatic carbocycles. The van der Waals surface area contributed by atoms with Crippen molar-refractivity contribution in [1.29, 1.82) is 0 Å². The molecule has 0 aromatic heterocycles. The van der Waals surface area contributed by atoms with E-state index < -0.39 is 25.2 Å². The van der Waals surface area contributed by atoms with E-state index in [9.17, 15) is 16.8 Å². The second-order valence-electron chi connectivity index (χ2n) is 5.42. The van der Waals surface area contributed by atoms with Gasteiger partial charge in [-0.2, -0.15) is 0 Å². The Morgan fingerprint density at radius 3 is 2.05 bits per heavy atom. The molecule has 0 heterocycles. The van der Waals surface area contributed by atoms with Crippen LogP contribution in [0, 0.1) is 0 Å². The van der Waals surface area contributed by atoms with Crippen LogP contribution in [-0.4, -0.2) is 41.4 Å². The molecule has 114 valence electrons. The van der Waals surface area contributed by atoms with Crippen molar-refractivity contribution in [2.24, 2.45) is 5.73 Å². The molecule has 0 aliphatic rings. The molecule has 3 N–H and O–H groups in total. The van der Waals surface area contributed by atoms with Crippen molar-refractivity contribution in [2.75, 3.05) is 24.4 Å². The number of benzene rings is 1. The number of nitrogens with one attached hydrogen (secondary N) is 1. The van der Waals surface area contributed by atoms with Gasteiger partial charge in [-0.3, -0.25) is 0 Å². The fourth-order valence-corrected chi connectivity index (χ4v) is 3.14. The SMILES string of the molecule is CC(C)(CN)Nc1ccc(S(C)(=O)=O)cc1S(C)(=O)=O. The van der Waals surface area contributed by atoms with Gasteiger partial charge >= 0.3 is 0 Å². The van der Waals surface area contributed by atoms with E-state index in [1.807, 2.05) is 13.8 Å². The van der Waals surface area contributed by atoms with Gasteiger partial charge in [-0.1, -0.05) is 0 Å². The van der Waals surface area contributed by atoms with E-state index in [1.54, 1.807) is 0 Å². The summed E-state index contributed by atoms with van der Waals surface area (Å²) in [6.07, 6.45) is 2.07. The smallest absolute Gasteiger partial charge is 0.177 e. The molecule has 0 atom stereocenters. The summed E-state index contributed by atoms with van der Waals surface area (Å²) in [6, 6.07) is 3.99. The maximum atomic E-state index is 11.8. The first-order valence-corrected chi connectivity index (χ1v) is 9.67. The zero-order chi connectivity index (χ0) is 15.8. The lowest BCUT2D eigenvalue weighted by atomic mass is 10.1. The van der Waals surface area contributed by atoms with Crippen molar-refractivity contribution in [3.63, 3.8) is 0 Å². The molecule has 1 aromatic carbocycles. The summed E-state index contributed by atoms with van der Waals surface area (Å²) >= 11 is 0. The topological polar surface area (TPSA) is 106 Å². The first kappa shape index (κ1) is 16.9. The highest BCUT2D eigenvalue weighted by atomic mass is 32.2. The number of nitrogens with two attached hydrogens (primary N) is 1. The fourth-order valence-electron chi connectivity index (χ4n) is 1.56. The summed E-state index contributed by atoms with van der Waals surface area (Å²) in [5, 5.41) is 3.02. The van der Waals surface area contributed by atoms with Gasteiger partial charge in [-0.05, 0) is 32.0 Å². The minimum absolute atomic E-state index is 0.0333. The predicted molar refractivity (Wildman–Crippen MR) is 79.4 cm³/mol. The summed E-state index contributed by atoms with van der Waals surface area (Å²) in [4.78, 5) is -0.0871. The van der Waals surface area contributed by atoms with Crippen LogP contribution in [0.2, 0.25) is 0 Å². The largest absolute Gasteiger partial charge is 0.378 e. The molecule has 0 fully saturated rings. The van der Waals surface area contributed by atoms with Gasteiger partial charge in [0, 0.05) is 24.6 Å². The number of anilines is 1. The van der Waals surface area contributed by atoms with Crippen LogP contribution >= 0.6 is 0 Å². The average molecular weight is 320 g/mol. The maximum absolute atomic E-state index is 11.8. The predicted octanol–water partition coefficient (Wildman–Crippen LogP) is 0.643. The molecule has 8 heteroatoms. The monoisotopic (exact) mass is 320 g/mol. The number of hydrogen-bond acceptors (Lipinski definition) is 6. The Balaban J connectivity index is 3.48. The highest BCUT2D eigenvalue weighted by molar-refractivity contribution is 7.91. The molecular weight excluding hydrogens is 300 g/mol. The minimum Gasteiger partial charge on any atom is -0.378 e. The molecule has 6 nitrogen and oxygen atoms in total. The van der Waals surface area contributed by atoms with Crippen LogP contribution in [0.25, 0.3) is 0 Å². The Kier molecular flexibility index (Phi) is 4.52. The van der Waals surface area contributed by atoms with Gasteiger partial charge in [-0.25, -0.2) is 16.8 Å². The molecule has 0 amide bonds. The number of rotatable bonds is 5. The van der Waals surface area contributed by atoms with Crippen LogP contribution in [0.1, 0.15) is 13.8 Å². The minimum atomic E-state index is -3.56. The zero-order valence-corrected chi connectivity index (χ0v) is 13.6. The normalized spacial score (nSPS) is 13.2. The van der Waals surface area contributed by atoms with E-state index in [2.05, 4.69) is 5.32 Å². The molecular formula is C12H20N2O4S2. The van der Waals surface area contributed by atoms with E-state index in [1.165, 1.54) is 18.2 Å². The van der Waals surface area contributed by atoms with Crippen molar-refractivity contribution in [2.45, 2.75) is 29.2 Å². The van der Waals surface area contributed by atoms with Gasteiger partial charge in [-0.15, -0.1) is 0 Å². The van der Waals surface area contributed by atoms with Crippen molar-refractivity contribution in [3.05, 3.63) is 18.2 Å². The second kappa shape index (κ2) is 5.34. The van der Waals surface area contributed by atoms with Crippen LogP contribution in [0.3, 0.4) is 0 Å². The Morgan fingerprint density at radius 1 is 1.10 bits per heavy atom. The molecule has 0 bridgehead atoms. The molecule has 1 aromatic rings. The molecule has 0 spiro atoms. The molecule has 1 rings (SSSR count). The number of sulfone groups is 2. The van der Waals surface area contributed by atoms with Gasteiger partial charge in [0.15, 0.2) is 19.7 Å². The van der Waals surface area contributed by atoms with Crippen molar-refractivity contribution >= 4 is 25.4 Å². The molecule has 0 aliphatic heterocycles.